The summed E-state index contributed by atoms with van der Waals surface area (Å²) in [5.74, 6) is 0.619. The SMILES string of the molecule is COc1cc(CN2CCCCC[C@@H]2c2ccc(Cl)cc2)ccc1OCC(N)=O. The van der Waals surface area contributed by atoms with Crippen molar-refractivity contribution in [3.8, 4) is 11.5 Å². The number of halogens is 1. The van der Waals surface area contributed by atoms with Crippen molar-refractivity contribution >= 4 is 17.5 Å². The van der Waals surface area contributed by atoms with Crippen LogP contribution < -0.4 is 15.2 Å². The summed E-state index contributed by atoms with van der Waals surface area (Å²) in [5, 5.41) is 0.764. The minimum Gasteiger partial charge on any atom is -0.493 e. The van der Waals surface area contributed by atoms with Crippen LogP contribution in [0.25, 0.3) is 0 Å². The number of ether oxygens (including phenoxy) is 2. The van der Waals surface area contributed by atoms with Gasteiger partial charge in [-0.25, -0.2) is 0 Å². The zero-order valence-corrected chi connectivity index (χ0v) is 17.0. The van der Waals surface area contributed by atoms with E-state index in [9.17, 15) is 4.79 Å². The third-order valence-corrected chi connectivity index (χ3v) is 5.35. The van der Waals surface area contributed by atoms with Crippen molar-refractivity contribution in [3.63, 3.8) is 0 Å². The maximum Gasteiger partial charge on any atom is 0.255 e. The van der Waals surface area contributed by atoms with E-state index in [1.54, 1.807) is 7.11 Å². The van der Waals surface area contributed by atoms with Gasteiger partial charge >= 0.3 is 0 Å². The summed E-state index contributed by atoms with van der Waals surface area (Å²) in [7, 11) is 1.60. The van der Waals surface area contributed by atoms with Crippen molar-refractivity contribution in [3.05, 3.63) is 58.6 Å². The molecule has 0 aromatic heterocycles. The van der Waals surface area contributed by atoms with Gasteiger partial charge in [0.25, 0.3) is 5.91 Å². The number of amides is 1. The van der Waals surface area contributed by atoms with Gasteiger partial charge < -0.3 is 15.2 Å². The molecule has 0 bridgehead atoms. The lowest BCUT2D eigenvalue weighted by atomic mass is 10.0. The van der Waals surface area contributed by atoms with E-state index >= 15 is 0 Å². The van der Waals surface area contributed by atoms with Gasteiger partial charge in [-0.2, -0.15) is 0 Å². The molecule has 0 saturated carbocycles. The monoisotopic (exact) mass is 402 g/mol. The maximum atomic E-state index is 11.0. The Hall–Kier alpha value is -2.24. The topological polar surface area (TPSA) is 64.8 Å². The summed E-state index contributed by atoms with van der Waals surface area (Å²) < 4.78 is 10.9. The molecule has 0 spiro atoms. The van der Waals surface area contributed by atoms with Gasteiger partial charge in [-0.05, 0) is 54.8 Å². The Morgan fingerprint density at radius 1 is 1.14 bits per heavy atom. The van der Waals surface area contributed by atoms with Crippen LogP contribution in [0.3, 0.4) is 0 Å². The smallest absolute Gasteiger partial charge is 0.255 e. The Kier molecular flexibility index (Phi) is 7.18. The molecule has 2 aromatic rings. The number of hydrogen-bond donors (Lipinski definition) is 1. The van der Waals surface area contributed by atoms with Gasteiger partial charge in [0.05, 0.1) is 7.11 Å². The Balaban J connectivity index is 1.78. The second-order valence-corrected chi connectivity index (χ2v) is 7.56. The summed E-state index contributed by atoms with van der Waals surface area (Å²) >= 11 is 6.07. The molecule has 0 aliphatic carbocycles. The van der Waals surface area contributed by atoms with Crippen molar-refractivity contribution < 1.29 is 14.3 Å². The van der Waals surface area contributed by atoms with E-state index in [2.05, 4.69) is 17.0 Å². The van der Waals surface area contributed by atoms with E-state index in [4.69, 9.17) is 26.8 Å². The summed E-state index contributed by atoms with van der Waals surface area (Å²) in [6, 6.07) is 14.4. The molecule has 1 atom stereocenters. The van der Waals surface area contributed by atoms with E-state index in [0.29, 0.717) is 17.5 Å². The quantitative estimate of drug-likeness (QED) is 0.748. The third-order valence-electron chi connectivity index (χ3n) is 5.10. The zero-order valence-electron chi connectivity index (χ0n) is 16.2. The molecule has 5 nitrogen and oxygen atoms in total. The molecule has 2 aromatic carbocycles. The summed E-state index contributed by atoms with van der Waals surface area (Å²) in [5.41, 5.74) is 7.61. The van der Waals surface area contributed by atoms with E-state index in [1.807, 2.05) is 30.3 Å². The fraction of sp³-hybridized carbons (Fsp3) is 0.409. The molecule has 28 heavy (non-hydrogen) atoms. The van der Waals surface area contributed by atoms with Crippen molar-refractivity contribution in [1.82, 2.24) is 4.90 Å². The number of benzene rings is 2. The molecular weight excluding hydrogens is 376 g/mol. The van der Waals surface area contributed by atoms with E-state index in [-0.39, 0.29) is 6.61 Å². The van der Waals surface area contributed by atoms with Crippen molar-refractivity contribution in [2.45, 2.75) is 38.3 Å². The van der Waals surface area contributed by atoms with E-state index in [0.717, 1.165) is 30.1 Å². The van der Waals surface area contributed by atoms with Gasteiger partial charge in [-0.15, -0.1) is 0 Å². The lowest BCUT2D eigenvalue weighted by molar-refractivity contribution is -0.119. The van der Waals surface area contributed by atoms with Crippen LogP contribution in [0.5, 0.6) is 11.5 Å². The number of nitrogens with zero attached hydrogens (tertiary/aromatic N) is 1. The normalized spacial score (nSPS) is 17.7. The van der Waals surface area contributed by atoms with E-state index in [1.165, 1.54) is 24.8 Å². The lowest BCUT2D eigenvalue weighted by Crippen LogP contribution is -2.28. The van der Waals surface area contributed by atoms with Crippen LogP contribution in [0.2, 0.25) is 5.02 Å². The fourth-order valence-corrected chi connectivity index (χ4v) is 3.86. The standard InChI is InChI=1S/C22H27ClN2O3/c1-27-21-13-16(6-11-20(21)28-15-22(24)26)14-25-12-4-2-3-5-19(25)17-7-9-18(23)10-8-17/h6-11,13,19H,2-5,12,14-15H2,1H3,(H2,24,26)/t19-/m1/s1. The highest BCUT2D eigenvalue weighted by atomic mass is 35.5. The molecule has 1 aliphatic rings. The Morgan fingerprint density at radius 3 is 2.64 bits per heavy atom. The zero-order chi connectivity index (χ0) is 19.9. The number of rotatable bonds is 7. The molecule has 1 heterocycles. The molecule has 0 radical (unpaired) electrons. The average Bonchev–Trinajstić information content (AvgIpc) is 2.93. The lowest BCUT2D eigenvalue weighted by Gasteiger charge is -2.30. The molecule has 3 rings (SSSR count). The number of methoxy groups -OCH3 is 1. The molecule has 2 N–H and O–H groups in total. The molecule has 1 saturated heterocycles. The number of nitrogens with two attached hydrogens (primary N) is 1. The van der Waals surface area contributed by atoms with Crippen LogP contribution in [0.1, 0.15) is 42.9 Å². The van der Waals surface area contributed by atoms with Crippen LogP contribution in [0.4, 0.5) is 0 Å². The summed E-state index contributed by atoms with van der Waals surface area (Å²) in [6.07, 6.45) is 4.82. The fourth-order valence-electron chi connectivity index (χ4n) is 3.73. The first kappa shape index (κ1) is 20.5. The molecule has 1 amide bonds. The second kappa shape index (κ2) is 9.80. The first-order valence-electron chi connectivity index (χ1n) is 9.64. The summed E-state index contributed by atoms with van der Waals surface area (Å²) in [4.78, 5) is 13.5. The number of likely N-dealkylation sites (tertiary alicyclic amines) is 1. The van der Waals surface area contributed by atoms with Crippen molar-refractivity contribution in [2.75, 3.05) is 20.3 Å². The van der Waals surface area contributed by atoms with Gasteiger partial charge in [0.1, 0.15) is 0 Å². The predicted molar refractivity (Wildman–Crippen MR) is 111 cm³/mol. The average molecular weight is 403 g/mol. The van der Waals surface area contributed by atoms with Crippen molar-refractivity contribution in [1.29, 1.82) is 0 Å². The maximum absolute atomic E-state index is 11.0. The van der Waals surface area contributed by atoms with Crippen LogP contribution >= 0.6 is 11.6 Å². The van der Waals surface area contributed by atoms with Gasteiger partial charge in [-0.1, -0.05) is 42.6 Å². The largest absolute Gasteiger partial charge is 0.493 e. The van der Waals surface area contributed by atoms with Crippen molar-refractivity contribution in [2.24, 2.45) is 5.73 Å². The number of primary amides is 1. The highest BCUT2D eigenvalue weighted by molar-refractivity contribution is 6.30. The van der Waals surface area contributed by atoms with E-state index < -0.39 is 5.91 Å². The van der Waals surface area contributed by atoms with Gasteiger partial charge in [0.2, 0.25) is 0 Å². The highest BCUT2D eigenvalue weighted by Crippen LogP contribution is 2.34. The minimum absolute atomic E-state index is 0.166. The predicted octanol–water partition coefficient (Wildman–Crippen LogP) is 4.33. The Bertz CT molecular complexity index is 795. The number of carbonyl (C=O) groups excluding carboxylic acids is 1. The molecule has 150 valence electrons. The third kappa shape index (κ3) is 5.40. The Labute approximate surface area is 171 Å². The summed E-state index contributed by atoms with van der Waals surface area (Å²) in [6.45, 7) is 1.70. The Morgan fingerprint density at radius 2 is 1.93 bits per heavy atom. The molecule has 6 heteroatoms. The van der Waals surface area contributed by atoms with Crippen LogP contribution in [-0.4, -0.2) is 31.1 Å². The molecule has 1 aliphatic heterocycles. The van der Waals surface area contributed by atoms with Gasteiger partial charge in [0, 0.05) is 17.6 Å². The van der Waals surface area contributed by atoms with Crippen LogP contribution in [0, 0.1) is 0 Å². The molecule has 0 unspecified atom stereocenters. The number of carbonyl (C=O) groups is 1. The molecular formula is C22H27ClN2O3. The van der Waals surface area contributed by atoms with Gasteiger partial charge in [-0.3, -0.25) is 9.69 Å². The van der Waals surface area contributed by atoms with Gasteiger partial charge in [0.15, 0.2) is 18.1 Å². The van der Waals surface area contributed by atoms with Crippen LogP contribution in [0.15, 0.2) is 42.5 Å². The minimum atomic E-state index is -0.512. The van der Waals surface area contributed by atoms with Crippen LogP contribution in [-0.2, 0) is 11.3 Å². The first-order valence-corrected chi connectivity index (χ1v) is 10.0. The second-order valence-electron chi connectivity index (χ2n) is 7.13. The first-order chi connectivity index (χ1) is 13.6. The number of hydrogen-bond acceptors (Lipinski definition) is 4. The highest BCUT2D eigenvalue weighted by Gasteiger charge is 2.23. The molecule has 1 fully saturated rings.